The average molecular weight is 922 g/mol. The molecule has 0 aromatic rings. The molecular weight excluding hydrogens is 851 g/mol. The monoisotopic (exact) mass is 921 g/mol. The SMILES string of the molecule is CC1/C=C/C=C/C=C/C=C/C=C/C=C/C=C/C(O[C@H]2O[C@@H](C)[C@H](O)[C@@H](N)[C@H]2O)CC(O)C(C(=O)O)C(O)CC(=O)CC(O)C(O)CCC(O)CC(=O)CC(O)CC(=O)OC(C)C(C)C1O. The summed E-state index contributed by atoms with van der Waals surface area (Å²) in [6, 6.07) is -1.16. The molecule has 2 rings (SSSR count). The van der Waals surface area contributed by atoms with E-state index in [1.54, 1.807) is 86.8 Å². The summed E-state index contributed by atoms with van der Waals surface area (Å²) in [6.45, 7) is 6.64. The van der Waals surface area contributed by atoms with Gasteiger partial charge in [0.1, 0.15) is 29.7 Å². The van der Waals surface area contributed by atoms with Crippen LogP contribution in [0.4, 0.5) is 0 Å². The Morgan fingerprint density at radius 1 is 0.585 bits per heavy atom. The summed E-state index contributed by atoms with van der Waals surface area (Å²) in [5, 5.41) is 106. The second-order valence-electron chi connectivity index (χ2n) is 16.9. The fraction of sp³-hybridized carbons (Fsp3) is 0.617. The zero-order valence-corrected chi connectivity index (χ0v) is 37.5. The highest BCUT2D eigenvalue weighted by atomic mass is 16.7. The molecule has 1 saturated heterocycles. The molecule has 0 aromatic carbocycles. The van der Waals surface area contributed by atoms with Crippen molar-refractivity contribution in [1.82, 2.24) is 0 Å². The van der Waals surface area contributed by atoms with Crippen LogP contribution >= 0.6 is 0 Å². The normalized spacial score (nSPS) is 41.6. The number of hydrogen-bond acceptors (Lipinski definition) is 17. The number of esters is 1. The van der Waals surface area contributed by atoms with Crippen molar-refractivity contribution in [2.45, 2.75) is 165 Å². The van der Waals surface area contributed by atoms with Crippen molar-refractivity contribution in [3.63, 3.8) is 0 Å². The predicted molar refractivity (Wildman–Crippen MR) is 237 cm³/mol. The van der Waals surface area contributed by atoms with E-state index < -0.39 is 159 Å². The molecule has 0 spiro atoms. The molecule has 0 saturated carbocycles. The van der Waals surface area contributed by atoms with Gasteiger partial charge in [-0.1, -0.05) is 98.9 Å². The van der Waals surface area contributed by atoms with Crippen molar-refractivity contribution in [3.05, 3.63) is 85.1 Å². The maximum atomic E-state index is 12.9. The standard InChI is InChI=1S/C47H71NO17/c1-27-17-15-13-11-9-7-5-6-8-10-12-14-16-18-35(65-47-45(60)42(48)44(59)30(4)64-47)26-39(56)41(46(61)62)38(55)24-34(52)23-37(54)36(53)20-19-31(49)21-32(50)22-33(51)25-40(57)63-29(3)28(2)43(27)58/h5-18,27-31,33,35-39,41-45,47,49,51,53-56,58-60H,19-26,48H2,1-4H3,(H,61,62)/b6-5+,9-7+,10-8+,13-11+,14-12+,17-15+,18-16+/t27?,28?,29?,30-,31?,33?,35?,36?,37?,38?,39?,41?,42+,43?,44-,45+,47+/m0/s1. The largest absolute Gasteiger partial charge is 0.481 e. The molecule has 0 aliphatic carbocycles. The van der Waals surface area contributed by atoms with Crippen molar-refractivity contribution in [1.29, 1.82) is 0 Å². The molecule has 0 amide bonds. The molecule has 366 valence electrons. The maximum Gasteiger partial charge on any atom is 0.311 e. The third-order valence-corrected chi connectivity index (χ3v) is 11.3. The number of carboxylic acid groups (broad SMARTS) is 1. The number of cyclic esters (lactones) is 1. The van der Waals surface area contributed by atoms with Gasteiger partial charge in [-0.2, -0.15) is 0 Å². The first kappa shape index (κ1) is 57.1. The van der Waals surface area contributed by atoms with Gasteiger partial charge in [-0.3, -0.25) is 19.2 Å². The number of rotatable bonds is 3. The van der Waals surface area contributed by atoms with Crippen LogP contribution in [0.5, 0.6) is 0 Å². The van der Waals surface area contributed by atoms with E-state index in [4.69, 9.17) is 19.9 Å². The molecular formula is C47H71NO17. The summed E-state index contributed by atoms with van der Waals surface area (Å²) in [4.78, 5) is 50.3. The van der Waals surface area contributed by atoms with E-state index in [0.717, 1.165) is 0 Å². The number of hydrogen-bond donors (Lipinski definition) is 11. The molecule has 1 fully saturated rings. The first-order valence-corrected chi connectivity index (χ1v) is 22.0. The average Bonchev–Trinajstić information content (AvgIpc) is 3.22. The Hall–Kier alpha value is -4.02. The number of ketones is 2. The number of aliphatic hydroxyl groups is 9. The van der Waals surface area contributed by atoms with Crippen LogP contribution in [-0.2, 0) is 33.4 Å². The van der Waals surface area contributed by atoms with Gasteiger partial charge in [0.05, 0.1) is 73.5 Å². The van der Waals surface area contributed by atoms with Gasteiger partial charge in [-0.05, 0) is 26.7 Å². The smallest absolute Gasteiger partial charge is 0.311 e. The number of Topliss-reactive ketones (excluding diaryl/α,β-unsaturated/α-hetero) is 2. The third-order valence-electron chi connectivity index (χ3n) is 11.3. The minimum absolute atomic E-state index is 0.208. The topological polar surface area (TPSA) is 324 Å². The minimum atomic E-state index is -1.97. The van der Waals surface area contributed by atoms with E-state index in [1.165, 1.54) is 19.1 Å². The Morgan fingerprint density at radius 3 is 1.66 bits per heavy atom. The van der Waals surface area contributed by atoms with E-state index in [-0.39, 0.29) is 18.8 Å². The lowest BCUT2D eigenvalue weighted by molar-refractivity contribution is -0.277. The van der Waals surface area contributed by atoms with E-state index in [0.29, 0.717) is 0 Å². The molecule has 0 bridgehead atoms. The summed E-state index contributed by atoms with van der Waals surface area (Å²) in [5.41, 5.74) is 5.95. The molecule has 2 aliphatic rings. The molecule has 18 nitrogen and oxygen atoms in total. The molecule has 18 heteroatoms. The fourth-order valence-electron chi connectivity index (χ4n) is 7.15. The van der Waals surface area contributed by atoms with Gasteiger partial charge in [0.2, 0.25) is 0 Å². The van der Waals surface area contributed by atoms with Crippen molar-refractivity contribution < 1.29 is 84.5 Å². The van der Waals surface area contributed by atoms with Gasteiger partial charge in [0, 0.05) is 43.9 Å². The van der Waals surface area contributed by atoms with Gasteiger partial charge < -0.3 is 71.0 Å². The van der Waals surface area contributed by atoms with E-state index in [2.05, 4.69) is 0 Å². The highest BCUT2D eigenvalue weighted by Crippen LogP contribution is 2.26. The number of allylic oxidation sites excluding steroid dienone is 12. The molecule has 65 heavy (non-hydrogen) atoms. The number of nitrogens with two attached hydrogens (primary N) is 1. The van der Waals surface area contributed by atoms with Crippen LogP contribution in [0, 0.1) is 17.8 Å². The molecule has 0 aromatic heterocycles. The molecule has 2 heterocycles. The fourth-order valence-corrected chi connectivity index (χ4v) is 7.15. The predicted octanol–water partition coefficient (Wildman–Crippen LogP) is 0.763. The molecule has 12 unspecified atom stereocenters. The van der Waals surface area contributed by atoms with Crippen LogP contribution < -0.4 is 5.73 Å². The van der Waals surface area contributed by atoms with Gasteiger partial charge in [0.25, 0.3) is 0 Å². The zero-order valence-electron chi connectivity index (χ0n) is 37.5. The number of aliphatic hydroxyl groups excluding tert-OH is 9. The van der Waals surface area contributed by atoms with Crippen molar-refractivity contribution in [3.8, 4) is 0 Å². The van der Waals surface area contributed by atoms with Gasteiger partial charge >= 0.3 is 11.9 Å². The maximum absolute atomic E-state index is 12.9. The Bertz CT molecular complexity index is 1690. The highest BCUT2D eigenvalue weighted by Gasteiger charge is 2.43. The summed E-state index contributed by atoms with van der Waals surface area (Å²) < 4.78 is 16.9. The first-order valence-electron chi connectivity index (χ1n) is 22.0. The van der Waals surface area contributed by atoms with Crippen LogP contribution in [0.2, 0.25) is 0 Å². The quantitative estimate of drug-likeness (QED) is 0.174. The molecule has 12 N–H and O–H groups in total. The van der Waals surface area contributed by atoms with E-state index >= 15 is 0 Å². The Labute approximate surface area is 380 Å². The third kappa shape index (κ3) is 21.0. The number of aliphatic carboxylic acids is 1. The van der Waals surface area contributed by atoms with Gasteiger partial charge in [-0.15, -0.1) is 0 Å². The summed E-state index contributed by atoms with van der Waals surface area (Å²) in [6.07, 6.45) is 2.33. The van der Waals surface area contributed by atoms with Crippen LogP contribution in [-0.4, -0.2) is 160 Å². The number of ether oxygens (including phenoxy) is 3. The molecule has 17 atom stereocenters. The zero-order chi connectivity index (χ0) is 48.8. The minimum Gasteiger partial charge on any atom is -0.481 e. The first-order chi connectivity index (χ1) is 30.6. The van der Waals surface area contributed by atoms with Crippen LogP contribution in [0.15, 0.2) is 85.1 Å². The Balaban J connectivity index is 2.29. The van der Waals surface area contributed by atoms with Crippen molar-refractivity contribution in [2.24, 2.45) is 23.5 Å². The number of carboxylic acids is 1. The number of carbonyl (C=O) groups excluding carboxylic acids is 3. The number of carbonyl (C=O) groups is 4. The lowest BCUT2D eigenvalue weighted by atomic mass is 9.88. The summed E-state index contributed by atoms with van der Waals surface area (Å²) in [5.74, 6) is -6.64. The van der Waals surface area contributed by atoms with E-state index in [9.17, 15) is 70.2 Å². The summed E-state index contributed by atoms with van der Waals surface area (Å²) >= 11 is 0. The van der Waals surface area contributed by atoms with Crippen LogP contribution in [0.25, 0.3) is 0 Å². The van der Waals surface area contributed by atoms with Gasteiger partial charge in [-0.25, -0.2) is 0 Å². The van der Waals surface area contributed by atoms with Crippen LogP contribution in [0.1, 0.15) is 79.1 Å². The second-order valence-corrected chi connectivity index (χ2v) is 16.9. The van der Waals surface area contributed by atoms with Crippen molar-refractivity contribution >= 4 is 23.5 Å². The van der Waals surface area contributed by atoms with Crippen molar-refractivity contribution in [2.75, 3.05) is 0 Å². The lowest BCUT2D eigenvalue weighted by Crippen LogP contribution is -2.61. The highest BCUT2D eigenvalue weighted by molar-refractivity contribution is 5.81. The Morgan fingerprint density at radius 2 is 1.09 bits per heavy atom. The van der Waals surface area contributed by atoms with Crippen LogP contribution in [0.3, 0.4) is 0 Å². The summed E-state index contributed by atoms with van der Waals surface area (Å²) in [7, 11) is 0. The molecule has 2 aliphatic heterocycles. The molecule has 0 radical (unpaired) electrons. The second kappa shape index (κ2) is 29.6. The van der Waals surface area contributed by atoms with E-state index in [1.807, 2.05) is 6.92 Å². The lowest BCUT2D eigenvalue weighted by Gasteiger charge is -2.41. The Kier molecular flexibility index (Phi) is 26.0. The van der Waals surface area contributed by atoms with Gasteiger partial charge in [0.15, 0.2) is 6.29 Å².